The summed E-state index contributed by atoms with van der Waals surface area (Å²) in [5, 5.41) is 0. The summed E-state index contributed by atoms with van der Waals surface area (Å²) in [6, 6.07) is 7.61. The molecule has 1 unspecified atom stereocenters. The number of nitrogens with zero attached hydrogens (tertiary/aromatic N) is 2. The number of rotatable bonds is 6. The molecule has 0 N–H and O–H groups in total. The minimum absolute atomic E-state index is 0.113. The van der Waals surface area contributed by atoms with Crippen molar-refractivity contribution in [3.8, 4) is 5.75 Å². The summed E-state index contributed by atoms with van der Waals surface area (Å²) in [7, 11) is 0. The topological polar surface area (TPSA) is 49.9 Å². The van der Waals surface area contributed by atoms with Gasteiger partial charge in [0.25, 0.3) is 5.91 Å². The van der Waals surface area contributed by atoms with Crippen LogP contribution in [0.3, 0.4) is 0 Å². The maximum absolute atomic E-state index is 12.8. The number of amides is 2. The summed E-state index contributed by atoms with van der Waals surface area (Å²) in [5.41, 5.74) is 0.715. The molecule has 5 nitrogen and oxygen atoms in total. The number of likely N-dealkylation sites (tertiary alicyclic amines) is 2. The van der Waals surface area contributed by atoms with Crippen molar-refractivity contribution in [2.24, 2.45) is 11.8 Å². The quantitative estimate of drug-likeness (QED) is 0.650. The summed E-state index contributed by atoms with van der Waals surface area (Å²) in [6.07, 6.45) is 12.6. The van der Waals surface area contributed by atoms with Crippen molar-refractivity contribution in [1.82, 2.24) is 9.80 Å². The first-order chi connectivity index (χ1) is 15.2. The molecule has 1 saturated carbocycles. The first-order valence-corrected chi connectivity index (χ1v) is 12.5. The summed E-state index contributed by atoms with van der Waals surface area (Å²) < 4.78 is 6.09. The minimum Gasteiger partial charge on any atom is -0.493 e. The van der Waals surface area contributed by atoms with Crippen molar-refractivity contribution in [3.63, 3.8) is 0 Å². The molecule has 0 bridgehead atoms. The van der Waals surface area contributed by atoms with Crippen LogP contribution in [0.1, 0.15) is 81.0 Å². The van der Waals surface area contributed by atoms with Crippen LogP contribution in [0, 0.1) is 11.8 Å². The number of piperidine rings is 2. The Labute approximate surface area is 187 Å². The van der Waals surface area contributed by atoms with Gasteiger partial charge in [0.1, 0.15) is 5.75 Å². The SMILES string of the molecule is O=C(CC1CCCCC1)N1CCCC(COc2cccc(C(=O)N3CCCCC3)c2)C1. The molecule has 2 amide bonds. The Morgan fingerprint density at radius 1 is 0.839 bits per heavy atom. The fourth-order valence-corrected chi connectivity index (χ4v) is 5.41. The molecule has 1 aromatic carbocycles. The molecule has 1 aromatic rings. The molecule has 4 rings (SSSR count). The van der Waals surface area contributed by atoms with Gasteiger partial charge in [-0.15, -0.1) is 0 Å². The molecular weight excluding hydrogens is 388 g/mol. The van der Waals surface area contributed by atoms with Crippen LogP contribution in [0.5, 0.6) is 5.75 Å². The van der Waals surface area contributed by atoms with Crippen molar-refractivity contribution < 1.29 is 14.3 Å². The van der Waals surface area contributed by atoms with Gasteiger partial charge < -0.3 is 14.5 Å². The average molecular weight is 427 g/mol. The highest BCUT2D eigenvalue weighted by atomic mass is 16.5. The van der Waals surface area contributed by atoms with Crippen LogP contribution in [0.15, 0.2) is 24.3 Å². The molecule has 0 aromatic heterocycles. The van der Waals surface area contributed by atoms with Gasteiger partial charge in [0.05, 0.1) is 6.61 Å². The number of carbonyl (C=O) groups excluding carboxylic acids is 2. The van der Waals surface area contributed by atoms with E-state index in [1.54, 1.807) is 0 Å². The third-order valence-corrected chi connectivity index (χ3v) is 7.27. The van der Waals surface area contributed by atoms with Crippen LogP contribution >= 0.6 is 0 Å². The second-order valence-electron chi connectivity index (χ2n) is 9.75. The molecule has 31 heavy (non-hydrogen) atoms. The second-order valence-corrected chi connectivity index (χ2v) is 9.75. The van der Waals surface area contributed by atoms with Crippen LogP contribution in [-0.2, 0) is 4.79 Å². The van der Waals surface area contributed by atoms with Gasteiger partial charge in [0, 0.05) is 44.1 Å². The van der Waals surface area contributed by atoms with Crippen LogP contribution in [-0.4, -0.2) is 54.4 Å². The lowest BCUT2D eigenvalue weighted by molar-refractivity contribution is -0.134. The van der Waals surface area contributed by atoms with Crippen LogP contribution in [0.25, 0.3) is 0 Å². The van der Waals surface area contributed by atoms with Crippen LogP contribution in [0.4, 0.5) is 0 Å². The third kappa shape index (κ3) is 6.24. The molecule has 170 valence electrons. The normalized spacial score (nSPS) is 22.9. The van der Waals surface area contributed by atoms with Crippen molar-refractivity contribution >= 4 is 11.8 Å². The van der Waals surface area contributed by atoms with Gasteiger partial charge in [-0.3, -0.25) is 9.59 Å². The average Bonchev–Trinajstić information content (AvgIpc) is 2.84. The predicted octanol–water partition coefficient (Wildman–Crippen LogP) is 4.90. The molecular formula is C26H38N2O3. The number of carbonyl (C=O) groups is 2. The molecule has 2 aliphatic heterocycles. The van der Waals surface area contributed by atoms with Crippen molar-refractivity contribution in [2.75, 3.05) is 32.8 Å². The zero-order valence-corrected chi connectivity index (χ0v) is 18.9. The lowest BCUT2D eigenvalue weighted by atomic mass is 9.86. The third-order valence-electron chi connectivity index (χ3n) is 7.27. The van der Waals surface area contributed by atoms with E-state index in [0.717, 1.165) is 64.0 Å². The maximum atomic E-state index is 12.8. The van der Waals surface area contributed by atoms with E-state index >= 15 is 0 Å². The monoisotopic (exact) mass is 426 g/mol. The second kappa shape index (κ2) is 11.0. The Morgan fingerprint density at radius 3 is 2.35 bits per heavy atom. The molecule has 3 aliphatic rings. The largest absolute Gasteiger partial charge is 0.493 e. The van der Waals surface area contributed by atoms with Gasteiger partial charge in [-0.25, -0.2) is 0 Å². The van der Waals surface area contributed by atoms with E-state index in [4.69, 9.17) is 4.74 Å². The smallest absolute Gasteiger partial charge is 0.253 e. The van der Waals surface area contributed by atoms with Gasteiger partial charge in [-0.05, 0) is 69.1 Å². The maximum Gasteiger partial charge on any atom is 0.253 e. The fraction of sp³-hybridized carbons (Fsp3) is 0.692. The van der Waals surface area contributed by atoms with E-state index in [2.05, 4.69) is 4.90 Å². The fourth-order valence-electron chi connectivity index (χ4n) is 5.41. The Bertz CT molecular complexity index is 738. The zero-order valence-electron chi connectivity index (χ0n) is 18.9. The Balaban J connectivity index is 1.26. The molecule has 0 spiro atoms. The van der Waals surface area contributed by atoms with E-state index in [0.29, 0.717) is 29.9 Å². The Hall–Kier alpha value is -2.04. The predicted molar refractivity (Wildman–Crippen MR) is 122 cm³/mol. The molecule has 0 radical (unpaired) electrons. The highest BCUT2D eigenvalue weighted by Gasteiger charge is 2.26. The van der Waals surface area contributed by atoms with E-state index in [9.17, 15) is 9.59 Å². The standard InChI is InChI=1S/C26H38N2O3/c29-25(17-21-9-3-1-4-10-21)28-16-8-11-22(19-28)20-31-24-13-7-12-23(18-24)26(30)27-14-5-2-6-15-27/h7,12-13,18,21-22H,1-6,8-11,14-17,19-20H2. The Morgan fingerprint density at radius 2 is 1.55 bits per heavy atom. The lowest BCUT2D eigenvalue weighted by Gasteiger charge is -2.34. The van der Waals surface area contributed by atoms with Gasteiger partial charge >= 0.3 is 0 Å². The summed E-state index contributed by atoms with van der Waals surface area (Å²) in [4.78, 5) is 29.6. The van der Waals surface area contributed by atoms with Crippen LogP contribution in [0.2, 0.25) is 0 Å². The number of benzene rings is 1. The highest BCUT2D eigenvalue weighted by molar-refractivity contribution is 5.94. The van der Waals surface area contributed by atoms with Gasteiger partial charge in [-0.1, -0.05) is 25.3 Å². The van der Waals surface area contributed by atoms with E-state index in [-0.39, 0.29) is 5.91 Å². The van der Waals surface area contributed by atoms with Crippen molar-refractivity contribution in [1.29, 1.82) is 0 Å². The number of hydrogen-bond acceptors (Lipinski definition) is 3. The lowest BCUT2D eigenvalue weighted by Crippen LogP contribution is -2.42. The zero-order chi connectivity index (χ0) is 21.5. The first kappa shape index (κ1) is 22.2. The summed E-state index contributed by atoms with van der Waals surface area (Å²) in [5.74, 6) is 2.17. The Kier molecular flexibility index (Phi) is 7.87. The van der Waals surface area contributed by atoms with E-state index < -0.39 is 0 Å². The van der Waals surface area contributed by atoms with Crippen molar-refractivity contribution in [3.05, 3.63) is 29.8 Å². The minimum atomic E-state index is 0.113. The van der Waals surface area contributed by atoms with Gasteiger partial charge in [0.15, 0.2) is 0 Å². The van der Waals surface area contributed by atoms with Gasteiger partial charge in [-0.2, -0.15) is 0 Å². The summed E-state index contributed by atoms with van der Waals surface area (Å²) in [6.45, 7) is 4.02. The number of ether oxygens (including phenoxy) is 1. The molecule has 1 aliphatic carbocycles. The van der Waals surface area contributed by atoms with E-state index in [1.165, 1.54) is 38.5 Å². The van der Waals surface area contributed by atoms with E-state index in [1.807, 2.05) is 29.2 Å². The number of hydrogen-bond donors (Lipinski definition) is 0. The molecule has 2 saturated heterocycles. The summed E-state index contributed by atoms with van der Waals surface area (Å²) >= 11 is 0. The molecule has 2 heterocycles. The molecule has 1 atom stereocenters. The van der Waals surface area contributed by atoms with Gasteiger partial charge in [0.2, 0.25) is 5.91 Å². The van der Waals surface area contributed by atoms with Crippen LogP contribution < -0.4 is 4.74 Å². The molecule has 3 fully saturated rings. The highest BCUT2D eigenvalue weighted by Crippen LogP contribution is 2.28. The van der Waals surface area contributed by atoms with Crippen molar-refractivity contribution in [2.45, 2.75) is 70.6 Å². The first-order valence-electron chi connectivity index (χ1n) is 12.5. The molecule has 5 heteroatoms.